The zero-order valence-corrected chi connectivity index (χ0v) is 15.7. The Morgan fingerprint density at radius 1 is 1.15 bits per heavy atom. The zero-order valence-electron chi connectivity index (χ0n) is 15.7. The van der Waals surface area contributed by atoms with Gasteiger partial charge in [-0.3, -0.25) is 9.59 Å². The van der Waals surface area contributed by atoms with Crippen molar-refractivity contribution in [3.8, 4) is 17.2 Å². The van der Waals surface area contributed by atoms with Gasteiger partial charge in [-0.05, 0) is 44.2 Å². The van der Waals surface area contributed by atoms with E-state index in [1.54, 1.807) is 36.4 Å². The molecular weight excluding hydrogens is 348 g/mol. The number of carbonyl (C=O) groups is 2. The van der Waals surface area contributed by atoms with E-state index < -0.39 is 5.41 Å². The number of nitrogens with one attached hydrogen (secondary N) is 2. The largest absolute Gasteiger partial charge is 0.496 e. The molecule has 7 nitrogen and oxygen atoms in total. The lowest BCUT2D eigenvalue weighted by Crippen LogP contribution is -2.33. The molecule has 2 aromatic rings. The standard InChI is InChI=1S/C20H22N2O5/c1-20(2)11-27-14-9-8-12(10-13(14)22-19(20)24)21-18(23)17-15(25-3)6-5-7-16(17)26-4/h5-10H,11H2,1-4H3,(H,21,23)(H,22,24). The van der Waals surface area contributed by atoms with Crippen molar-refractivity contribution in [1.29, 1.82) is 0 Å². The van der Waals surface area contributed by atoms with Crippen LogP contribution in [0.3, 0.4) is 0 Å². The summed E-state index contributed by atoms with van der Waals surface area (Å²) in [7, 11) is 2.98. The molecule has 0 aromatic heterocycles. The van der Waals surface area contributed by atoms with Gasteiger partial charge in [0.2, 0.25) is 5.91 Å². The number of anilines is 2. The Balaban J connectivity index is 1.88. The Hall–Kier alpha value is -3.22. The van der Waals surface area contributed by atoms with Gasteiger partial charge in [-0.25, -0.2) is 0 Å². The second kappa shape index (κ2) is 7.19. The molecule has 2 N–H and O–H groups in total. The highest BCUT2D eigenvalue weighted by Gasteiger charge is 2.32. The van der Waals surface area contributed by atoms with Crippen LogP contribution in [0.5, 0.6) is 17.2 Å². The summed E-state index contributed by atoms with van der Waals surface area (Å²) in [6, 6.07) is 10.2. The first-order chi connectivity index (χ1) is 12.9. The fraction of sp³-hybridized carbons (Fsp3) is 0.300. The van der Waals surface area contributed by atoms with Gasteiger partial charge in [0.1, 0.15) is 29.4 Å². The Morgan fingerprint density at radius 2 is 1.81 bits per heavy atom. The lowest BCUT2D eigenvalue weighted by atomic mass is 9.94. The maximum atomic E-state index is 12.8. The molecule has 0 saturated heterocycles. The van der Waals surface area contributed by atoms with Gasteiger partial charge in [0.05, 0.1) is 25.3 Å². The van der Waals surface area contributed by atoms with E-state index in [0.717, 1.165) is 0 Å². The molecule has 0 unspecified atom stereocenters. The van der Waals surface area contributed by atoms with Crippen LogP contribution in [0, 0.1) is 5.41 Å². The van der Waals surface area contributed by atoms with Crippen molar-refractivity contribution in [2.24, 2.45) is 5.41 Å². The van der Waals surface area contributed by atoms with Crippen molar-refractivity contribution in [2.75, 3.05) is 31.5 Å². The highest BCUT2D eigenvalue weighted by Crippen LogP contribution is 2.35. The fourth-order valence-corrected chi connectivity index (χ4v) is 2.72. The number of rotatable bonds is 4. The minimum atomic E-state index is -0.646. The van der Waals surface area contributed by atoms with E-state index in [2.05, 4.69) is 10.6 Å². The quantitative estimate of drug-likeness (QED) is 0.862. The molecule has 3 rings (SSSR count). The minimum absolute atomic E-state index is 0.142. The van der Waals surface area contributed by atoms with E-state index in [0.29, 0.717) is 34.2 Å². The highest BCUT2D eigenvalue weighted by atomic mass is 16.5. The third-order valence-corrected chi connectivity index (χ3v) is 4.34. The first-order valence-electron chi connectivity index (χ1n) is 8.46. The molecule has 0 saturated carbocycles. The Kier molecular flexibility index (Phi) is 4.94. The maximum absolute atomic E-state index is 12.8. The fourth-order valence-electron chi connectivity index (χ4n) is 2.72. The normalized spacial score (nSPS) is 14.9. The summed E-state index contributed by atoms with van der Waals surface area (Å²) in [4.78, 5) is 25.1. The topological polar surface area (TPSA) is 85.9 Å². The van der Waals surface area contributed by atoms with Gasteiger partial charge >= 0.3 is 0 Å². The van der Waals surface area contributed by atoms with Crippen LogP contribution >= 0.6 is 0 Å². The van der Waals surface area contributed by atoms with Gasteiger partial charge in [0, 0.05) is 5.69 Å². The van der Waals surface area contributed by atoms with Gasteiger partial charge < -0.3 is 24.8 Å². The molecule has 2 aromatic carbocycles. The molecule has 2 amide bonds. The van der Waals surface area contributed by atoms with E-state index in [4.69, 9.17) is 14.2 Å². The molecule has 1 aliphatic heterocycles. The van der Waals surface area contributed by atoms with Crippen LogP contribution < -0.4 is 24.8 Å². The van der Waals surface area contributed by atoms with Crippen molar-refractivity contribution in [1.82, 2.24) is 0 Å². The number of hydrogen-bond donors (Lipinski definition) is 2. The zero-order chi connectivity index (χ0) is 19.6. The van der Waals surface area contributed by atoms with Crippen molar-refractivity contribution in [2.45, 2.75) is 13.8 Å². The summed E-state index contributed by atoms with van der Waals surface area (Å²) in [5.74, 6) is 0.836. The molecule has 0 radical (unpaired) electrons. The molecule has 0 aliphatic carbocycles. The minimum Gasteiger partial charge on any atom is -0.496 e. The number of fused-ring (bicyclic) bond motifs is 1. The van der Waals surface area contributed by atoms with Crippen LogP contribution in [0.15, 0.2) is 36.4 Å². The Morgan fingerprint density at radius 3 is 2.44 bits per heavy atom. The number of hydrogen-bond acceptors (Lipinski definition) is 5. The van der Waals surface area contributed by atoms with Crippen molar-refractivity contribution < 1.29 is 23.8 Å². The molecular formula is C20H22N2O5. The van der Waals surface area contributed by atoms with Gasteiger partial charge in [0.15, 0.2) is 0 Å². The number of ether oxygens (including phenoxy) is 3. The average Bonchev–Trinajstić information content (AvgIpc) is 2.76. The van der Waals surface area contributed by atoms with Crippen molar-refractivity contribution in [3.63, 3.8) is 0 Å². The van der Waals surface area contributed by atoms with E-state index in [-0.39, 0.29) is 18.4 Å². The van der Waals surface area contributed by atoms with Crippen LogP contribution in [-0.2, 0) is 4.79 Å². The smallest absolute Gasteiger partial charge is 0.263 e. The number of amides is 2. The van der Waals surface area contributed by atoms with Crippen LogP contribution in [0.2, 0.25) is 0 Å². The first-order valence-corrected chi connectivity index (χ1v) is 8.46. The number of benzene rings is 2. The van der Waals surface area contributed by atoms with Crippen LogP contribution in [0.25, 0.3) is 0 Å². The van der Waals surface area contributed by atoms with Gasteiger partial charge in [0.25, 0.3) is 5.91 Å². The number of carbonyl (C=O) groups excluding carboxylic acids is 2. The predicted octanol–water partition coefficient (Wildman–Crippen LogP) is 3.31. The molecule has 7 heteroatoms. The van der Waals surface area contributed by atoms with Crippen molar-refractivity contribution in [3.05, 3.63) is 42.0 Å². The summed E-state index contributed by atoms with van der Waals surface area (Å²) in [6.07, 6.45) is 0. The maximum Gasteiger partial charge on any atom is 0.263 e. The SMILES string of the molecule is COc1cccc(OC)c1C(=O)Nc1ccc2c(c1)NC(=O)C(C)(C)CO2. The summed E-state index contributed by atoms with van der Waals surface area (Å²) in [5.41, 5.74) is 0.664. The lowest BCUT2D eigenvalue weighted by Gasteiger charge is -2.18. The molecule has 27 heavy (non-hydrogen) atoms. The van der Waals surface area contributed by atoms with Crippen LogP contribution in [0.1, 0.15) is 24.2 Å². The van der Waals surface area contributed by atoms with E-state index in [1.165, 1.54) is 14.2 Å². The molecule has 0 fully saturated rings. The third kappa shape index (κ3) is 3.67. The summed E-state index contributed by atoms with van der Waals surface area (Å²) >= 11 is 0. The average molecular weight is 370 g/mol. The lowest BCUT2D eigenvalue weighted by molar-refractivity contribution is -0.124. The Bertz CT molecular complexity index is 870. The second-order valence-corrected chi connectivity index (χ2v) is 6.83. The summed E-state index contributed by atoms with van der Waals surface area (Å²) < 4.78 is 16.3. The number of methoxy groups -OCH3 is 2. The first kappa shape index (κ1) is 18.6. The van der Waals surface area contributed by atoms with E-state index in [1.807, 2.05) is 13.8 Å². The van der Waals surface area contributed by atoms with E-state index in [9.17, 15) is 9.59 Å². The van der Waals surface area contributed by atoms with Crippen LogP contribution in [-0.4, -0.2) is 32.6 Å². The van der Waals surface area contributed by atoms with Gasteiger partial charge in [-0.15, -0.1) is 0 Å². The van der Waals surface area contributed by atoms with Gasteiger partial charge in [-0.1, -0.05) is 6.07 Å². The summed E-state index contributed by atoms with van der Waals surface area (Å²) in [6.45, 7) is 3.89. The van der Waals surface area contributed by atoms with Crippen molar-refractivity contribution >= 4 is 23.2 Å². The second-order valence-electron chi connectivity index (χ2n) is 6.83. The van der Waals surface area contributed by atoms with Gasteiger partial charge in [-0.2, -0.15) is 0 Å². The van der Waals surface area contributed by atoms with E-state index >= 15 is 0 Å². The monoisotopic (exact) mass is 370 g/mol. The molecule has 0 atom stereocenters. The molecule has 1 heterocycles. The Labute approximate surface area is 157 Å². The summed E-state index contributed by atoms with van der Waals surface area (Å²) in [5, 5.41) is 5.65. The third-order valence-electron chi connectivity index (χ3n) is 4.34. The predicted molar refractivity (Wildman–Crippen MR) is 102 cm³/mol. The molecule has 142 valence electrons. The molecule has 0 bridgehead atoms. The molecule has 1 aliphatic rings. The van der Waals surface area contributed by atoms with Crippen LogP contribution in [0.4, 0.5) is 11.4 Å². The highest BCUT2D eigenvalue weighted by molar-refractivity contribution is 6.08. The molecule has 0 spiro atoms.